The molecule has 1 heterocycles. The van der Waals surface area contributed by atoms with Crippen molar-refractivity contribution in [3.05, 3.63) is 11.8 Å². The first-order valence-electron chi connectivity index (χ1n) is 5.98. The van der Waals surface area contributed by atoms with Crippen molar-refractivity contribution in [3.63, 3.8) is 0 Å². The molecule has 14 heavy (non-hydrogen) atoms. The van der Waals surface area contributed by atoms with Crippen molar-refractivity contribution >= 4 is 0 Å². The van der Waals surface area contributed by atoms with E-state index in [4.69, 9.17) is 4.74 Å². The van der Waals surface area contributed by atoms with Crippen LogP contribution >= 0.6 is 0 Å². The van der Waals surface area contributed by atoms with E-state index in [-0.39, 0.29) is 0 Å². The highest BCUT2D eigenvalue weighted by molar-refractivity contribution is 5.02. The topological polar surface area (TPSA) is 12.5 Å². The molecular formula is C12H21NO. The van der Waals surface area contributed by atoms with E-state index >= 15 is 0 Å². The summed E-state index contributed by atoms with van der Waals surface area (Å²) in [6.45, 7) is 4.03. The minimum atomic E-state index is 0.914. The Labute approximate surface area is 86.9 Å². The molecular weight excluding hydrogens is 174 g/mol. The van der Waals surface area contributed by atoms with E-state index in [0.717, 1.165) is 26.3 Å². The zero-order chi connectivity index (χ0) is 9.64. The summed E-state index contributed by atoms with van der Waals surface area (Å²) in [6, 6.07) is 0. The maximum absolute atomic E-state index is 5.38. The monoisotopic (exact) mass is 195 g/mol. The van der Waals surface area contributed by atoms with Gasteiger partial charge < -0.3 is 9.64 Å². The first kappa shape index (κ1) is 10.0. The van der Waals surface area contributed by atoms with Crippen molar-refractivity contribution < 1.29 is 4.74 Å². The van der Waals surface area contributed by atoms with E-state index in [0.29, 0.717) is 0 Å². The molecule has 0 N–H and O–H groups in total. The number of rotatable bonds is 1. The van der Waals surface area contributed by atoms with Crippen LogP contribution < -0.4 is 0 Å². The van der Waals surface area contributed by atoms with E-state index in [1.807, 2.05) is 0 Å². The van der Waals surface area contributed by atoms with Gasteiger partial charge in [-0.15, -0.1) is 0 Å². The highest BCUT2D eigenvalue weighted by Crippen LogP contribution is 2.20. The second-order valence-electron chi connectivity index (χ2n) is 4.25. The van der Waals surface area contributed by atoms with Crippen LogP contribution in [0.25, 0.3) is 0 Å². The van der Waals surface area contributed by atoms with Crippen LogP contribution in [0, 0.1) is 0 Å². The summed E-state index contributed by atoms with van der Waals surface area (Å²) in [5.41, 5.74) is 1.59. The fourth-order valence-electron chi connectivity index (χ4n) is 2.31. The van der Waals surface area contributed by atoms with Crippen LogP contribution in [0.5, 0.6) is 0 Å². The maximum Gasteiger partial charge on any atom is 0.0642 e. The Kier molecular flexibility index (Phi) is 3.87. The molecule has 0 unspecified atom stereocenters. The van der Waals surface area contributed by atoms with E-state index in [9.17, 15) is 0 Å². The van der Waals surface area contributed by atoms with Crippen LogP contribution in [-0.4, -0.2) is 31.2 Å². The van der Waals surface area contributed by atoms with Gasteiger partial charge in [0.15, 0.2) is 0 Å². The average Bonchev–Trinajstić information content (AvgIpc) is 2.18. The molecule has 2 aliphatic rings. The Bertz CT molecular complexity index is 194. The molecule has 0 atom stereocenters. The molecule has 80 valence electrons. The Morgan fingerprint density at radius 3 is 2.64 bits per heavy atom. The summed E-state index contributed by atoms with van der Waals surface area (Å²) in [6.07, 6.45) is 10.6. The Morgan fingerprint density at radius 2 is 1.79 bits per heavy atom. The Hall–Kier alpha value is -0.500. The second-order valence-corrected chi connectivity index (χ2v) is 4.25. The summed E-state index contributed by atoms with van der Waals surface area (Å²) in [5.74, 6) is 0. The molecule has 0 spiro atoms. The van der Waals surface area contributed by atoms with Crippen molar-refractivity contribution in [3.8, 4) is 0 Å². The van der Waals surface area contributed by atoms with Crippen LogP contribution in [0.2, 0.25) is 0 Å². The summed E-state index contributed by atoms with van der Waals surface area (Å²) >= 11 is 0. The SMILES string of the molecule is C1=C(N2CCOCC2)CCCCCC1. The van der Waals surface area contributed by atoms with Crippen molar-refractivity contribution in [2.75, 3.05) is 26.3 Å². The molecule has 1 fully saturated rings. The Balaban J connectivity index is 1.91. The van der Waals surface area contributed by atoms with Crippen molar-refractivity contribution in [2.45, 2.75) is 38.5 Å². The molecule has 0 bridgehead atoms. The second kappa shape index (κ2) is 5.40. The average molecular weight is 195 g/mol. The first-order chi connectivity index (χ1) is 6.97. The number of nitrogens with zero attached hydrogens (tertiary/aromatic N) is 1. The van der Waals surface area contributed by atoms with Gasteiger partial charge in [0, 0.05) is 18.8 Å². The summed E-state index contributed by atoms with van der Waals surface area (Å²) in [7, 11) is 0. The highest BCUT2D eigenvalue weighted by atomic mass is 16.5. The predicted molar refractivity (Wildman–Crippen MR) is 58.2 cm³/mol. The minimum Gasteiger partial charge on any atom is -0.378 e. The third kappa shape index (κ3) is 2.74. The lowest BCUT2D eigenvalue weighted by Gasteiger charge is -2.32. The van der Waals surface area contributed by atoms with Gasteiger partial charge in [-0.25, -0.2) is 0 Å². The van der Waals surface area contributed by atoms with Crippen LogP contribution in [0.1, 0.15) is 38.5 Å². The predicted octanol–water partition coefficient (Wildman–Crippen LogP) is 2.56. The maximum atomic E-state index is 5.38. The summed E-state index contributed by atoms with van der Waals surface area (Å²) in [5, 5.41) is 0. The lowest BCUT2D eigenvalue weighted by Crippen LogP contribution is -2.35. The smallest absolute Gasteiger partial charge is 0.0642 e. The van der Waals surface area contributed by atoms with Crippen molar-refractivity contribution in [1.82, 2.24) is 4.90 Å². The normalized spacial score (nSPS) is 25.1. The van der Waals surface area contributed by atoms with Crippen molar-refractivity contribution in [1.29, 1.82) is 0 Å². The zero-order valence-electron chi connectivity index (χ0n) is 9.00. The van der Waals surface area contributed by atoms with Gasteiger partial charge in [-0.2, -0.15) is 0 Å². The quantitative estimate of drug-likeness (QED) is 0.637. The Morgan fingerprint density at radius 1 is 1.00 bits per heavy atom. The summed E-state index contributed by atoms with van der Waals surface area (Å²) < 4.78 is 5.38. The molecule has 0 saturated carbocycles. The van der Waals surface area contributed by atoms with Gasteiger partial charge in [0.25, 0.3) is 0 Å². The number of hydrogen-bond donors (Lipinski definition) is 0. The molecule has 2 heteroatoms. The van der Waals surface area contributed by atoms with Crippen LogP contribution in [0.4, 0.5) is 0 Å². The van der Waals surface area contributed by atoms with Gasteiger partial charge in [0.1, 0.15) is 0 Å². The molecule has 1 aliphatic heterocycles. The molecule has 0 amide bonds. The van der Waals surface area contributed by atoms with Gasteiger partial charge in [-0.05, 0) is 25.7 Å². The molecule has 0 aromatic rings. The minimum absolute atomic E-state index is 0.914. The highest BCUT2D eigenvalue weighted by Gasteiger charge is 2.13. The molecule has 0 aromatic carbocycles. The van der Waals surface area contributed by atoms with Gasteiger partial charge in [0.05, 0.1) is 13.2 Å². The molecule has 0 radical (unpaired) electrons. The molecule has 2 rings (SSSR count). The number of ether oxygens (including phenoxy) is 1. The van der Waals surface area contributed by atoms with E-state index < -0.39 is 0 Å². The third-order valence-electron chi connectivity index (χ3n) is 3.18. The molecule has 1 saturated heterocycles. The largest absolute Gasteiger partial charge is 0.378 e. The van der Waals surface area contributed by atoms with Gasteiger partial charge in [-0.1, -0.05) is 18.9 Å². The number of allylic oxidation sites excluding steroid dienone is 2. The van der Waals surface area contributed by atoms with E-state index in [1.54, 1.807) is 5.70 Å². The molecule has 1 aliphatic carbocycles. The standard InChI is InChI=1S/C12H21NO/c1-2-4-6-12(7-5-3-1)13-8-10-14-11-9-13/h6H,1-5,7-11H2. The van der Waals surface area contributed by atoms with Gasteiger partial charge >= 0.3 is 0 Å². The van der Waals surface area contributed by atoms with E-state index in [1.165, 1.54) is 38.5 Å². The summed E-state index contributed by atoms with van der Waals surface area (Å²) in [4.78, 5) is 2.52. The van der Waals surface area contributed by atoms with E-state index in [2.05, 4.69) is 11.0 Å². The lowest BCUT2D eigenvalue weighted by atomic mass is 10.0. The fraction of sp³-hybridized carbons (Fsp3) is 0.833. The lowest BCUT2D eigenvalue weighted by molar-refractivity contribution is 0.0516. The van der Waals surface area contributed by atoms with Crippen LogP contribution in [-0.2, 0) is 4.74 Å². The van der Waals surface area contributed by atoms with Crippen molar-refractivity contribution in [2.24, 2.45) is 0 Å². The van der Waals surface area contributed by atoms with Crippen LogP contribution in [0.15, 0.2) is 11.8 Å². The first-order valence-corrected chi connectivity index (χ1v) is 5.98. The third-order valence-corrected chi connectivity index (χ3v) is 3.18. The van der Waals surface area contributed by atoms with Gasteiger partial charge in [-0.3, -0.25) is 0 Å². The fourth-order valence-corrected chi connectivity index (χ4v) is 2.31. The number of morpholine rings is 1. The van der Waals surface area contributed by atoms with Gasteiger partial charge in [0.2, 0.25) is 0 Å². The molecule has 2 nitrogen and oxygen atoms in total. The number of hydrogen-bond acceptors (Lipinski definition) is 2. The van der Waals surface area contributed by atoms with Crippen LogP contribution in [0.3, 0.4) is 0 Å². The zero-order valence-corrected chi connectivity index (χ0v) is 9.00. The molecule has 0 aromatic heterocycles.